The summed E-state index contributed by atoms with van der Waals surface area (Å²) in [6, 6.07) is 14.3. The second-order valence-electron chi connectivity index (χ2n) is 6.72. The molecule has 0 N–H and O–H groups in total. The number of benzene rings is 2. The molecule has 0 radical (unpaired) electrons. The Morgan fingerprint density at radius 1 is 1.00 bits per heavy atom. The highest BCUT2D eigenvalue weighted by atomic mass is 16.2. The zero-order chi connectivity index (χ0) is 18.0. The van der Waals surface area contributed by atoms with Crippen LogP contribution in [0.5, 0.6) is 0 Å². The maximum atomic E-state index is 12.9. The van der Waals surface area contributed by atoms with Crippen LogP contribution in [0.3, 0.4) is 0 Å². The fraction of sp³-hybridized carbons (Fsp3) is 0.333. The summed E-state index contributed by atoms with van der Waals surface area (Å²) in [6.45, 7) is 2.71. The molecule has 4 nitrogen and oxygen atoms in total. The first kappa shape index (κ1) is 17.2. The minimum absolute atomic E-state index is 0.0598. The molecule has 0 saturated carbocycles. The lowest BCUT2D eigenvalue weighted by Gasteiger charge is -2.23. The molecule has 0 aromatic heterocycles. The highest BCUT2D eigenvalue weighted by molar-refractivity contribution is 5.97. The van der Waals surface area contributed by atoms with Crippen LogP contribution in [0.2, 0.25) is 0 Å². The van der Waals surface area contributed by atoms with Gasteiger partial charge in [-0.25, -0.2) is 0 Å². The molecule has 130 valence electrons. The molecule has 1 aliphatic rings. The Morgan fingerprint density at radius 3 is 2.44 bits per heavy atom. The Hall–Kier alpha value is -2.62. The van der Waals surface area contributed by atoms with E-state index in [0.717, 1.165) is 12.8 Å². The molecule has 2 amide bonds. The lowest BCUT2D eigenvalue weighted by atomic mass is 10.0. The molecule has 0 saturated heterocycles. The number of fused-ring (bicyclic) bond motifs is 3. The normalized spacial score (nSPS) is 11.6. The smallest absolute Gasteiger partial charge is 0.254 e. The quantitative estimate of drug-likeness (QED) is 0.718. The van der Waals surface area contributed by atoms with E-state index in [4.69, 9.17) is 0 Å². The minimum Gasteiger partial charge on any atom is -0.347 e. The third-order valence-electron chi connectivity index (χ3n) is 4.65. The second kappa shape index (κ2) is 7.09. The van der Waals surface area contributed by atoms with Crippen molar-refractivity contribution < 1.29 is 9.59 Å². The zero-order valence-electron chi connectivity index (χ0n) is 15.1. The highest BCUT2D eigenvalue weighted by Crippen LogP contribution is 2.36. The summed E-state index contributed by atoms with van der Waals surface area (Å²) in [5.41, 5.74) is 5.60. The molecular formula is C21H24N2O2. The molecule has 2 aromatic carbocycles. The molecule has 0 spiro atoms. The van der Waals surface area contributed by atoms with Crippen LogP contribution < -0.4 is 0 Å². The van der Waals surface area contributed by atoms with E-state index in [9.17, 15) is 9.59 Å². The van der Waals surface area contributed by atoms with Gasteiger partial charge in [0.05, 0.1) is 0 Å². The molecule has 4 heteroatoms. The molecule has 0 unspecified atom stereocenters. The van der Waals surface area contributed by atoms with E-state index in [0.29, 0.717) is 12.1 Å². The summed E-state index contributed by atoms with van der Waals surface area (Å²) in [6.07, 6.45) is 1.68. The predicted octanol–water partition coefficient (Wildman–Crippen LogP) is 3.20. The van der Waals surface area contributed by atoms with Gasteiger partial charge in [-0.1, -0.05) is 37.3 Å². The van der Waals surface area contributed by atoms with Crippen LogP contribution in [0, 0.1) is 0 Å². The number of hydrogen-bond donors (Lipinski definition) is 0. The Kier molecular flexibility index (Phi) is 4.88. The van der Waals surface area contributed by atoms with Crippen LogP contribution >= 0.6 is 0 Å². The van der Waals surface area contributed by atoms with Gasteiger partial charge in [-0.05, 0) is 47.2 Å². The molecule has 25 heavy (non-hydrogen) atoms. The first-order chi connectivity index (χ1) is 12.0. The van der Waals surface area contributed by atoms with E-state index in [2.05, 4.69) is 12.1 Å². The van der Waals surface area contributed by atoms with E-state index in [1.165, 1.54) is 27.2 Å². The van der Waals surface area contributed by atoms with Gasteiger partial charge >= 0.3 is 0 Å². The molecule has 3 rings (SSSR count). The van der Waals surface area contributed by atoms with Crippen molar-refractivity contribution in [3.05, 3.63) is 59.2 Å². The Labute approximate surface area is 149 Å². The molecule has 2 aromatic rings. The zero-order valence-corrected chi connectivity index (χ0v) is 15.1. The van der Waals surface area contributed by atoms with Crippen molar-refractivity contribution >= 4 is 11.8 Å². The van der Waals surface area contributed by atoms with Crippen molar-refractivity contribution in [3.8, 4) is 11.1 Å². The Bertz CT molecular complexity index is 811. The summed E-state index contributed by atoms with van der Waals surface area (Å²) in [4.78, 5) is 28.1. The van der Waals surface area contributed by atoms with Crippen LogP contribution in [0.15, 0.2) is 42.5 Å². The molecule has 0 aliphatic heterocycles. The van der Waals surface area contributed by atoms with Crippen molar-refractivity contribution in [3.63, 3.8) is 0 Å². The van der Waals surface area contributed by atoms with Crippen LogP contribution in [0.4, 0.5) is 0 Å². The number of likely N-dealkylation sites (N-methyl/N-ethyl adjacent to an activating group) is 1. The maximum Gasteiger partial charge on any atom is 0.254 e. The van der Waals surface area contributed by atoms with Gasteiger partial charge < -0.3 is 9.80 Å². The third kappa shape index (κ3) is 3.43. The molecule has 0 bridgehead atoms. The number of carbonyl (C=O) groups is 2. The maximum absolute atomic E-state index is 12.9. The van der Waals surface area contributed by atoms with Gasteiger partial charge in [0.1, 0.15) is 6.54 Å². The fourth-order valence-corrected chi connectivity index (χ4v) is 3.29. The molecule has 0 atom stereocenters. The first-order valence-electron chi connectivity index (χ1n) is 8.72. The van der Waals surface area contributed by atoms with Crippen molar-refractivity contribution in [1.82, 2.24) is 9.80 Å². The average Bonchev–Trinajstić information content (AvgIpc) is 2.98. The van der Waals surface area contributed by atoms with E-state index in [-0.39, 0.29) is 18.4 Å². The van der Waals surface area contributed by atoms with Crippen LogP contribution in [-0.4, -0.2) is 48.8 Å². The standard InChI is InChI=1S/C21H24N2O2/c1-4-11-23(14-20(24)22(2)3)21(25)16-9-10-19-17(13-16)12-15-7-5-6-8-18(15)19/h5-10,13H,4,11-12,14H2,1-3H3. The third-order valence-corrected chi connectivity index (χ3v) is 4.65. The van der Waals surface area contributed by atoms with E-state index < -0.39 is 0 Å². The van der Waals surface area contributed by atoms with Gasteiger partial charge in [-0.2, -0.15) is 0 Å². The van der Waals surface area contributed by atoms with Gasteiger partial charge in [0.25, 0.3) is 5.91 Å². The van der Waals surface area contributed by atoms with Gasteiger partial charge in [0, 0.05) is 26.2 Å². The average molecular weight is 336 g/mol. The van der Waals surface area contributed by atoms with E-state index >= 15 is 0 Å². The van der Waals surface area contributed by atoms with Crippen LogP contribution in [0.25, 0.3) is 11.1 Å². The van der Waals surface area contributed by atoms with Gasteiger partial charge in [0.15, 0.2) is 0 Å². The summed E-state index contributed by atoms with van der Waals surface area (Å²) < 4.78 is 0. The first-order valence-corrected chi connectivity index (χ1v) is 8.72. The Morgan fingerprint density at radius 2 is 1.72 bits per heavy atom. The molecule has 0 heterocycles. The molecular weight excluding hydrogens is 312 g/mol. The van der Waals surface area contributed by atoms with E-state index in [1.54, 1.807) is 19.0 Å². The Balaban J connectivity index is 1.85. The summed E-state index contributed by atoms with van der Waals surface area (Å²) in [5, 5.41) is 0. The fourth-order valence-electron chi connectivity index (χ4n) is 3.29. The van der Waals surface area contributed by atoms with E-state index in [1.807, 2.05) is 37.3 Å². The second-order valence-corrected chi connectivity index (χ2v) is 6.72. The number of hydrogen-bond acceptors (Lipinski definition) is 2. The lowest BCUT2D eigenvalue weighted by molar-refractivity contribution is -0.129. The SMILES string of the molecule is CCCN(CC(=O)N(C)C)C(=O)c1ccc2c(c1)Cc1ccccc1-2. The predicted molar refractivity (Wildman–Crippen MR) is 99.6 cm³/mol. The molecule has 0 fully saturated rings. The van der Waals surface area contributed by atoms with Crippen LogP contribution in [0.1, 0.15) is 34.8 Å². The van der Waals surface area contributed by atoms with Crippen LogP contribution in [-0.2, 0) is 11.2 Å². The largest absolute Gasteiger partial charge is 0.347 e. The monoisotopic (exact) mass is 336 g/mol. The highest BCUT2D eigenvalue weighted by Gasteiger charge is 2.23. The number of nitrogens with zero attached hydrogens (tertiary/aromatic N) is 2. The van der Waals surface area contributed by atoms with Crippen molar-refractivity contribution in [2.24, 2.45) is 0 Å². The van der Waals surface area contributed by atoms with Crippen molar-refractivity contribution in [2.45, 2.75) is 19.8 Å². The van der Waals surface area contributed by atoms with Gasteiger partial charge in [-0.15, -0.1) is 0 Å². The summed E-state index contributed by atoms with van der Waals surface area (Å²) in [5.74, 6) is -0.133. The summed E-state index contributed by atoms with van der Waals surface area (Å²) >= 11 is 0. The summed E-state index contributed by atoms with van der Waals surface area (Å²) in [7, 11) is 3.42. The minimum atomic E-state index is -0.0733. The van der Waals surface area contributed by atoms with Crippen molar-refractivity contribution in [1.29, 1.82) is 0 Å². The topological polar surface area (TPSA) is 40.6 Å². The lowest BCUT2D eigenvalue weighted by Crippen LogP contribution is -2.40. The van der Waals surface area contributed by atoms with Gasteiger partial charge in [-0.3, -0.25) is 9.59 Å². The van der Waals surface area contributed by atoms with Gasteiger partial charge in [0.2, 0.25) is 5.91 Å². The van der Waals surface area contributed by atoms with Crippen molar-refractivity contribution in [2.75, 3.05) is 27.2 Å². The number of amides is 2. The number of rotatable bonds is 5. The molecule has 1 aliphatic carbocycles. The number of carbonyl (C=O) groups excluding carboxylic acids is 2.